The number of rotatable bonds is 5. The van der Waals surface area contributed by atoms with E-state index in [0.717, 1.165) is 12.8 Å². The molecule has 0 bridgehead atoms. The molecule has 0 saturated carbocycles. The number of benzene rings is 1. The van der Waals surface area contributed by atoms with E-state index in [1.807, 2.05) is 6.92 Å². The van der Waals surface area contributed by atoms with Crippen LogP contribution in [0.2, 0.25) is 0 Å². The Hall–Kier alpha value is -2.37. The summed E-state index contributed by atoms with van der Waals surface area (Å²) in [4.78, 5) is 36.8. The summed E-state index contributed by atoms with van der Waals surface area (Å²) in [5.41, 5.74) is 0.462. The fourth-order valence-corrected chi connectivity index (χ4v) is 1.73. The van der Waals surface area contributed by atoms with Gasteiger partial charge in [-0.05, 0) is 18.6 Å². The average Bonchev–Trinajstić information content (AvgIpc) is 2.51. The molecular formula is C15H20N2O4. The van der Waals surface area contributed by atoms with Gasteiger partial charge in [-0.1, -0.05) is 25.5 Å². The smallest absolute Gasteiger partial charge is 0.339 e. The van der Waals surface area contributed by atoms with Crippen molar-refractivity contribution in [1.29, 1.82) is 0 Å². The number of unbranched alkanes of at least 4 members (excludes halogenated alkanes) is 1. The van der Waals surface area contributed by atoms with Crippen LogP contribution in [-0.2, 0) is 14.3 Å². The maximum Gasteiger partial charge on any atom is 0.339 e. The van der Waals surface area contributed by atoms with Gasteiger partial charge in [-0.3, -0.25) is 9.59 Å². The van der Waals surface area contributed by atoms with Crippen LogP contribution in [0, 0.1) is 0 Å². The summed E-state index contributed by atoms with van der Waals surface area (Å²) in [6, 6.07) is 6.38. The molecule has 114 valence electrons. The number of carbonyl (C=O) groups excluding carboxylic acids is 3. The van der Waals surface area contributed by atoms with Crippen molar-refractivity contribution in [2.45, 2.75) is 19.8 Å². The first kappa shape index (κ1) is 16.7. The van der Waals surface area contributed by atoms with Gasteiger partial charge in [0, 0.05) is 13.6 Å². The molecule has 1 rings (SSSR count). The van der Waals surface area contributed by atoms with Crippen molar-refractivity contribution in [1.82, 2.24) is 4.90 Å². The monoisotopic (exact) mass is 292 g/mol. The Bertz CT molecular complexity index is 528. The van der Waals surface area contributed by atoms with Crippen molar-refractivity contribution in [2.24, 2.45) is 0 Å². The molecule has 0 fully saturated rings. The lowest BCUT2D eigenvalue weighted by molar-refractivity contribution is -0.142. The fraction of sp³-hybridized carbons (Fsp3) is 0.400. The number of nitrogens with one attached hydrogen (secondary N) is 1. The number of hydrogen-bond acceptors (Lipinski definition) is 4. The Morgan fingerprint density at radius 1 is 1.24 bits per heavy atom. The van der Waals surface area contributed by atoms with Gasteiger partial charge in [0.05, 0.1) is 18.4 Å². The van der Waals surface area contributed by atoms with Crippen LogP contribution in [0.25, 0.3) is 0 Å². The predicted molar refractivity (Wildman–Crippen MR) is 79.0 cm³/mol. The molecule has 21 heavy (non-hydrogen) atoms. The summed E-state index contributed by atoms with van der Waals surface area (Å²) >= 11 is 0. The highest BCUT2D eigenvalue weighted by Crippen LogP contribution is 2.16. The molecule has 0 heterocycles. The zero-order valence-electron chi connectivity index (χ0n) is 12.5. The van der Waals surface area contributed by atoms with E-state index in [1.165, 1.54) is 18.1 Å². The maximum atomic E-state index is 11.9. The van der Waals surface area contributed by atoms with Gasteiger partial charge in [0.1, 0.15) is 0 Å². The fourth-order valence-electron chi connectivity index (χ4n) is 1.73. The van der Waals surface area contributed by atoms with Crippen LogP contribution >= 0.6 is 0 Å². The van der Waals surface area contributed by atoms with Gasteiger partial charge < -0.3 is 15.0 Å². The van der Waals surface area contributed by atoms with Crippen LogP contribution in [0.3, 0.4) is 0 Å². The molecule has 0 aromatic heterocycles. The standard InChI is InChI=1S/C15H20N2O4/c1-4-5-10-17(2)14(19)13(18)16-12-9-7-6-8-11(12)15(20)21-3/h6-9H,4-5,10H2,1-3H3,(H,16,18). The van der Waals surface area contributed by atoms with E-state index < -0.39 is 17.8 Å². The normalized spacial score (nSPS) is 9.86. The third-order valence-corrected chi connectivity index (χ3v) is 2.97. The molecule has 0 radical (unpaired) electrons. The number of carbonyl (C=O) groups is 3. The Morgan fingerprint density at radius 2 is 1.90 bits per heavy atom. The lowest BCUT2D eigenvalue weighted by Gasteiger charge is -2.16. The lowest BCUT2D eigenvalue weighted by atomic mass is 10.2. The number of esters is 1. The van der Waals surface area contributed by atoms with E-state index in [0.29, 0.717) is 6.54 Å². The van der Waals surface area contributed by atoms with E-state index in [9.17, 15) is 14.4 Å². The number of likely N-dealkylation sites (N-methyl/N-ethyl adjacent to an activating group) is 1. The molecule has 1 N–H and O–H groups in total. The molecule has 0 spiro atoms. The van der Waals surface area contributed by atoms with Crippen LogP contribution in [-0.4, -0.2) is 43.4 Å². The molecule has 6 nitrogen and oxygen atoms in total. The predicted octanol–water partition coefficient (Wildman–Crippen LogP) is 1.67. The minimum Gasteiger partial charge on any atom is -0.465 e. The van der Waals surface area contributed by atoms with Gasteiger partial charge in [0.25, 0.3) is 0 Å². The summed E-state index contributed by atoms with van der Waals surface area (Å²) in [6.45, 7) is 2.52. The van der Waals surface area contributed by atoms with E-state index in [1.54, 1.807) is 25.2 Å². The van der Waals surface area contributed by atoms with Crippen molar-refractivity contribution >= 4 is 23.5 Å². The number of hydrogen-bond donors (Lipinski definition) is 1. The number of ether oxygens (including phenoxy) is 1. The highest BCUT2D eigenvalue weighted by Gasteiger charge is 2.20. The molecule has 0 saturated heterocycles. The summed E-state index contributed by atoms with van der Waals surface area (Å²) in [5, 5.41) is 2.45. The Balaban J connectivity index is 2.79. The van der Waals surface area contributed by atoms with Gasteiger partial charge >= 0.3 is 17.8 Å². The SMILES string of the molecule is CCCCN(C)C(=O)C(=O)Nc1ccccc1C(=O)OC. The zero-order valence-corrected chi connectivity index (χ0v) is 12.5. The first-order valence-corrected chi connectivity index (χ1v) is 6.75. The minimum atomic E-state index is -0.773. The molecular weight excluding hydrogens is 272 g/mol. The van der Waals surface area contributed by atoms with Gasteiger partial charge in [0.15, 0.2) is 0 Å². The molecule has 1 aromatic rings. The van der Waals surface area contributed by atoms with E-state index >= 15 is 0 Å². The van der Waals surface area contributed by atoms with Crippen molar-refractivity contribution in [3.8, 4) is 0 Å². The third kappa shape index (κ3) is 4.59. The van der Waals surface area contributed by atoms with E-state index in [4.69, 9.17) is 0 Å². The molecule has 0 atom stereocenters. The van der Waals surface area contributed by atoms with E-state index in [-0.39, 0.29) is 11.3 Å². The van der Waals surface area contributed by atoms with Crippen molar-refractivity contribution in [3.05, 3.63) is 29.8 Å². The molecule has 0 unspecified atom stereocenters. The van der Waals surface area contributed by atoms with Crippen LogP contribution in [0.1, 0.15) is 30.1 Å². The van der Waals surface area contributed by atoms with Gasteiger partial charge in [-0.25, -0.2) is 4.79 Å². The van der Waals surface area contributed by atoms with Crippen molar-refractivity contribution in [3.63, 3.8) is 0 Å². The van der Waals surface area contributed by atoms with Gasteiger partial charge in [-0.15, -0.1) is 0 Å². The van der Waals surface area contributed by atoms with Crippen molar-refractivity contribution in [2.75, 3.05) is 26.0 Å². The van der Waals surface area contributed by atoms with Gasteiger partial charge in [-0.2, -0.15) is 0 Å². The number of anilines is 1. The first-order valence-electron chi connectivity index (χ1n) is 6.75. The molecule has 6 heteroatoms. The minimum absolute atomic E-state index is 0.206. The molecule has 0 aliphatic carbocycles. The first-order chi connectivity index (χ1) is 10.0. The molecule has 1 aromatic carbocycles. The highest BCUT2D eigenvalue weighted by molar-refractivity contribution is 6.39. The van der Waals surface area contributed by atoms with Crippen LogP contribution < -0.4 is 5.32 Å². The number of amides is 2. The summed E-state index contributed by atoms with van der Waals surface area (Å²) in [7, 11) is 2.83. The molecule has 0 aliphatic rings. The Labute approximate surface area is 124 Å². The summed E-state index contributed by atoms with van der Waals surface area (Å²) < 4.78 is 4.63. The second kappa shape index (κ2) is 8.04. The van der Waals surface area contributed by atoms with Crippen LogP contribution in [0.15, 0.2) is 24.3 Å². The highest BCUT2D eigenvalue weighted by atomic mass is 16.5. The Morgan fingerprint density at radius 3 is 2.52 bits per heavy atom. The number of para-hydroxylation sites is 1. The molecule has 2 amide bonds. The quantitative estimate of drug-likeness (QED) is 0.661. The van der Waals surface area contributed by atoms with Crippen LogP contribution in [0.5, 0.6) is 0 Å². The second-order valence-corrected chi connectivity index (χ2v) is 4.57. The topological polar surface area (TPSA) is 75.7 Å². The molecule has 0 aliphatic heterocycles. The van der Waals surface area contributed by atoms with E-state index in [2.05, 4.69) is 10.1 Å². The largest absolute Gasteiger partial charge is 0.465 e. The zero-order chi connectivity index (χ0) is 15.8. The summed E-state index contributed by atoms with van der Waals surface area (Å²) in [6.07, 6.45) is 1.76. The number of nitrogens with zero attached hydrogens (tertiary/aromatic N) is 1. The lowest BCUT2D eigenvalue weighted by Crippen LogP contribution is -2.37. The summed E-state index contributed by atoms with van der Waals surface area (Å²) in [5.74, 6) is -1.98. The number of methoxy groups -OCH3 is 1. The van der Waals surface area contributed by atoms with Crippen molar-refractivity contribution < 1.29 is 19.1 Å². The average molecular weight is 292 g/mol. The second-order valence-electron chi connectivity index (χ2n) is 4.57. The third-order valence-electron chi connectivity index (χ3n) is 2.97. The Kier molecular flexibility index (Phi) is 6.39. The van der Waals surface area contributed by atoms with Gasteiger partial charge in [0.2, 0.25) is 0 Å². The van der Waals surface area contributed by atoms with Crippen LogP contribution in [0.4, 0.5) is 5.69 Å². The maximum absolute atomic E-state index is 11.9.